The normalized spacial score (nSPS) is 20.5. The monoisotopic (exact) mass is 295 g/mol. The second kappa shape index (κ2) is 7.25. The fraction of sp³-hybridized carbons (Fsp3) is 0.533. The molecule has 0 bridgehead atoms. The minimum Gasteiger partial charge on any atom is -0.341 e. The molecule has 0 saturated carbocycles. The van der Waals surface area contributed by atoms with E-state index in [1.54, 1.807) is 11.8 Å². The van der Waals surface area contributed by atoms with Crippen molar-refractivity contribution >= 4 is 29.4 Å². The Balaban J connectivity index is 1.78. The number of thioether (sulfide) groups is 2. The SMILES string of the molecule is CS[C@@H](C)C(=O)N1CC[C@H](CSc2ccccc2)C1. The van der Waals surface area contributed by atoms with Crippen molar-refractivity contribution in [1.29, 1.82) is 0 Å². The highest BCUT2D eigenvalue weighted by Crippen LogP contribution is 2.26. The molecule has 1 heterocycles. The Labute approximate surface area is 124 Å². The van der Waals surface area contributed by atoms with E-state index in [2.05, 4.69) is 24.3 Å². The van der Waals surface area contributed by atoms with Gasteiger partial charge in [0.1, 0.15) is 0 Å². The van der Waals surface area contributed by atoms with E-state index in [0.29, 0.717) is 11.8 Å². The first kappa shape index (κ1) is 14.8. The zero-order valence-electron chi connectivity index (χ0n) is 11.5. The van der Waals surface area contributed by atoms with Gasteiger partial charge in [-0.15, -0.1) is 11.8 Å². The highest BCUT2D eigenvalue weighted by molar-refractivity contribution is 8.00. The number of hydrogen-bond donors (Lipinski definition) is 0. The summed E-state index contributed by atoms with van der Waals surface area (Å²) in [7, 11) is 0. The number of benzene rings is 1. The summed E-state index contributed by atoms with van der Waals surface area (Å²) in [5.41, 5.74) is 0. The number of carbonyl (C=O) groups excluding carboxylic acids is 1. The Morgan fingerprint density at radius 2 is 2.16 bits per heavy atom. The molecule has 0 N–H and O–H groups in total. The van der Waals surface area contributed by atoms with Crippen LogP contribution in [0, 0.1) is 5.92 Å². The lowest BCUT2D eigenvalue weighted by Gasteiger charge is -2.19. The molecule has 1 amide bonds. The molecular formula is C15H21NOS2. The predicted octanol–water partition coefficient (Wildman–Crippen LogP) is 3.38. The van der Waals surface area contributed by atoms with Gasteiger partial charge >= 0.3 is 0 Å². The maximum Gasteiger partial charge on any atom is 0.235 e. The molecule has 2 atom stereocenters. The molecule has 2 rings (SSSR count). The molecule has 0 unspecified atom stereocenters. The van der Waals surface area contributed by atoms with Gasteiger partial charge in [0.05, 0.1) is 5.25 Å². The van der Waals surface area contributed by atoms with Crippen molar-refractivity contribution in [2.45, 2.75) is 23.5 Å². The molecule has 1 aromatic rings. The molecule has 1 fully saturated rings. The Kier molecular flexibility index (Phi) is 5.64. The van der Waals surface area contributed by atoms with Crippen LogP contribution in [0.4, 0.5) is 0 Å². The summed E-state index contributed by atoms with van der Waals surface area (Å²) in [5, 5.41) is 0.0977. The maximum absolute atomic E-state index is 12.1. The lowest BCUT2D eigenvalue weighted by Crippen LogP contribution is -2.34. The minimum atomic E-state index is 0.0977. The largest absolute Gasteiger partial charge is 0.341 e. The predicted molar refractivity (Wildman–Crippen MR) is 84.8 cm³/mol. The van der Waals surface area contributed by atoms with Gasteiger partial charge in [-0.05, 0) is 37.7 Å². The lowest BCUT2D eigenvalue weighted by atomic mass is 10.2. The molecule has 2 nitrogen and oxygen atoms in total. The number of hydrogen-bond acceptors (Lipinski definition) is 3. The minimum absolute atomic E-state index is 0.0977. The van der Waals surface area contributed by atoms with Gasteiger partial charge in [0.25, 0.3) is 0 Å². The number of carbonyl (C=O) groups is 1. The summed E-state index contributed by atoms with van der Waals surface area (Å²) in [4.78, 5) is 15.5. The van der Waals surface area contributed by atoms with Crippen LogP contribution in [-0.2, 0) is 4.79 Å². The van der Waals surface area contributed by atoms with E-state index in [1.807, 2.05) is 35.9 Å². The zero-order valence-corrected chi connectivity index (χ0v) is 13.2. The van der Waals surface area contributed by atoms with Gasteiger partial charge in [-0.3, -0.25) is 4.79 Å². The number of likely N-dealkylation sites (tertiary alicyclic amines) is 1. The Morgan fingerprint density at radius 1 is 1.42 bits per heavy atom. The summed E-state index contributed by atoms with van der Waals surface area (Å²) in [6, 6.07) is 10.5. The van der Waals surface area contributed by atoms with Crippen LogP contribution >= 0.6 is 23.5 Å². The van der Waals surface area contributed by atoms with Crippen LogP contribution in [0.2, 0.25) is 0 Å². The first-order chi connectivity index (χ1) is 9.20. The number of rotatable bonds is 5. The van der Waals surface area contributed by atoms with Crippen LogP contribution in [0.25, 0.3) is 0 Å². The Bertz CT molecular complexity index is 410. The first-order valence-electron chi connectivity index (χ1n) is 6.70. The number of nitrogens with zero attached hydrogens (tertiary/aromatic N) is 1. The van der Waals surface area contributed by atoms with Gasteiger partial charge in [-0.1, -0.05) is 18.2 Å². The Morgan fingerprint density at radius 3 is 2.84 bits per heavy atom. The van der Waals surface area contributed by atoms with Crippen molar-refractivity contribution in [3.8, 4) is 0 Å². The van der Waals surface area contributed by atoms with E-state index < -0.39 is 0 Å². The zero-order chi connectivity index (χ0) is 13.7. The molecular weight excluding hydrogens is 274 g/mol. The fourth-order valence-electron chi connectivity index (χ4n) is 2.26. The van der Waals surface area contributed by atoms with Crippen LogP contribution in [-0.4, -0.2) is 41.2 Å². The van der Waals surface area contributed by atoms with Crippen molar-refractivity contribution < 1.29 is 4.79 Å². The summed E-state index contributed by atoms with van der Waals surface area (Å²) in [6.45, 7) is 3.87. The molecule has 0 aliphatic carbocycles. The van der Waals surface area contributed by atoms with Gasteiger partial charge in [-0.2, -0.15) is 11.8 Å². The molecule has 1 aromatic carbocycles. The molecule has 1 aliphatic rings. The molecule has 1 aliphatic heterocycles. The summed E-state index contributed by atoms with van der Waals surface area (Å²) in [6.07, 6.45) is 3.15. The van der Waals surface area contributed by atoms with Crippen molar-refractivity contribution in [3.63, 3.8) is 0 Å². The van der Waals surface area contributed by atoms with Crippen molar-refractivity contribution in [2.24, 2.45) is 5.92 Å². The smallest absolute Gasteiger partial charge is 0.235 e. The van der Waals surface area contributed by atoms with Crippen LogP contribution in [0.1, 0.15) is 13.3 Å². The molecule has 1 saturated heterocycles. The lowest BCUT2D eigenvalue weighted by molar-refractivity contribution is -0.129. The molecule has 4 heteroatoms. The van der Waals surface area contributed by atoms with Crippen LogP contribution in [0.5, 0.6) is 0 Å². The van der Waals surface area contributed by atoms with E-state index >= 15 is 0 Å². The quantitative estimate of drug-likeness (QED) is 0.777. The summed E-state index contributed by atoms with van der Waals surface area (Å²) >= 11 is 3.54. The summed E-state index contributed by atoms with van der Waals surface area (Å²) in [5.74, 6) is 2.06. The summed E-state index contributed by atoms with van der Waals surface area (Å²) < 4.78 is 0. The van der Waals surface area contributed by atoms with E-state index in [0.717, 1.165) is 25.3 Å². The molecule has 19 heavy (non-hydrogen) atoms. The average Bonchev–Trinajstić information content (AvgIpc) is 2.93. The highest BCUT2D eigenvalue weighted by Gasteiger charge is 2.28. The second-order valence-corrected chi connectivity index (χ2v) is 7.21. The van der Waals surface area contributed by atoms with Crippen LogP contribution in [0.15, 0.2) is 35.2 Å². The van der Waals surface area contributed by atoms with E-state index in [9.17, 15) is 4.79 Å². The average molecular weight is 295 g/mol. The first-order valence-corrected chi connectivity index (χ1v) is 8.97. The standard InChI is InChI=1S/C15H21NOS2/c1-12(18-2)15(17)16-9-8-13(10-16)11-19-14-6-4-3-5-7-14/h3-7,12-13H,8-11H2,1-2H3/t12-,13-/m0/s1. The maximum atomic E-state index is 12.1. The Hall–Kier alpha value is -0.610. The topological polar surface area (TPSA) is 20.3 Å². The third-order valence-corrected chi connectivity index (χ3v) is 5.68. The van der Waals surface area contributed by atoms with E-state index in [-0.39, 0.29) is 5.25 Å². The molecule has 0 aromatic heterocycles. The van der Waals surface area contributed by atoms with Gasteiger partial charge in [0.2, 0.25) is 5.91 Å². The third kappa shape index (κ3) is 4.18. The van der Waals surface area contributed by atoms with Gasteiger partial charge in [-0.25, -0.2) is 0 Å². The molecule has 0 spiro atoms. The van der Waals surface area contributed by atoms with E-state index in [4.69, 9.17) is 0 Å². The van der Waals surface area contributed by atoms with Crippen LogP contribution < -0.4 is 0 Å². The van der Waals surface area contributed by atoms with Gasteiger partial charge < -0.3 is 4.90 Å². The molecule has 104 valence electrons. The third-order valence-electron chi connectivity index (χ3n) is 3.53. The van der Waals surface area contributed by atoms with E-state index in [1.165, 1.54) is 4.90 Å². The fourth-order valence-corrected chi connectivity index (χ4v) is 3.66. The highest BCUT2D eigenvalue weighted by atomic mass is 32.2. The molecule has 0 radical (unpaired) electrons. The van der Waals surface area contributed by atoms with Gasteiger partial charge in [0, 0.05) is 23.7 Å². The number of amides is 1. The van der Waals surface area contributed by atoms with Crippen LogP contribution in [0.3, 0.4) is 0 Å². The van der Waals surface area contributed by atoms with Gasteiger partial charge in [0.15, 0.2) is 0 Å². The van der Waals surface area contributed by atoms with Crippen molar-refractivity contribution in [3.05, 3.63) is 30.3 Å². The van der Waals surface area contributed by atoms with Crippen molar-refractivity contribution in [1.82, 2.24) is 4.90 Å². The van der Waals surface area contributed by atoms with Crippen molar-refractivity contribution in [2.75, 3.05) is 25.1 Å². The second-order valence-electron chi connectivity index (χ2n) is 4.94.